The van der Waals surface area contributed by atoms with Crippen molar-refractivity contribution < 1.29 is 4.74 Å². The van der Waals surface area contributed by atoms with Crippen LogP contribution in [0.25, 0.3) is 11.0 Å². The number of aromatic nitrogens is 2. The van der Waals surface area contributed by atoms with Gasteiger partial charge in [-0.2, -0.15) is 0 Å². The van der Waals surface area contributed by atoms with Gasteiger partial charge in [-0.3, -0.25) is 0 Å². The highest BCUT2D eigenvalue weighted by molar-refractivity contribution is 5.84. The molecule has 21 heavy (non-hydrogen) atoms. The van der Waals surface area contributed by atoms with E-state index in [4.69, 9.17) is 10.5 Å². The van der Waals surface area contributed by atoms with Crippen molar-refractivity contribution in [2.75, 3.05) is 12.3 Å². The van der Waals surface area contributed by atoms with Gasteiger partial charge in [-0.15, -0.1) is 0 Å². The second kappa shape index (κ2) is 6.37. The van der Waals surface area contributed by atoms with Crippen LogP contribution in [-0.4, -0.2) is 16.2 Å². The van der Waals surface area contributed by atoms with Crippen molar-refractivity contribution in [2.45, 2.75) is 58.9 Å². The van der Waals surface area contributed by atoms with Crippen molar-refractivity contribution in [1.82, 2.24) is 9.55 Å². The lowest BCUT2D eigenvalue weighted by Crippen LogP contribution is -2.32. The number of anilines is 1. The number of hydrogen-bond donors (Lipinski definition) is 1. The van der Waals surface area contributed by atoms with Crippen LogP contribution in [-0.2, 0) is 5.54 Å². The highest BCUT2D eigenvalue weighted by Crippen LogP contribution is 2.37. The molecule has 1 heterocycles. The summed E-state index contributed by atoms with van der Waals surface area (Å²) in [5.41, 5.74) is 8.24. The molecule has 0 amide bonds. The molecule has 0 spiro atoms. The van der Waals surface area contributed by atoms with Gasteiger partial charge >= 0.3 is 0 Å². The van der Waals surface area contributed by atoms with Gasteiger partial charge in [0.2, 0.25) is 5.95 Å². The molecule has 1 aromatic heterocycles. The average molecular weight is 289 g/mol. The molecule has 4 heteroatoms. The largest absolute Gasteiger partial charge is 0.491 e. The Morgan fingerprint density at radius 3 is 2.38 bits per heavy atom. The van der Waals surface area contributed by atoms with Crippen molar-refractivity contribution in [2.24, 2.45) is 0 Å². The molecule has 4 nitrogen and oxygen atoms in total. The molecule has 0 unspecified atom stereocenters. The third-order valence-electron chi connectivity index (χ3n) is 4.58. The molecule has 2 N–H and O–H groups in total. The molecule has 2 rings (SSSR count). The summed E-state index contributed by atoms with van der Waals surface area (Å²) in [7, 11) is 0. The van der Waals surface area contributed by atoms with Crippen LogP contribution in [0.15, 0.2) is 18.2 Å². The molecule has 0 aliphatic carbocycles. The standard InChI is InChI=1S/C17H27N3O/c1-5-12-21-14-11-9-10-13-15(14)19-16(18)20(13)17(6-2,7-3)8-4/h9-11H,5-8,12H2,1-4H3,(H2,18,19). The van der Waals surface area contributed by atoms with Crippen molar-refractivity contribution in [3.05, 3.63) is 18.2 Å². The Balaban J connectivity index is 2.63. The van der Waals surface area contributed by atoms with E-state index >= 15 is 0 Å². The van der Waals surface area contributed by atoms with E-state index < -0.39 is 0 Å². The molecule has 0 fully saturated rings. The summed E-state index contributed by atoms with van der Waals surface area (Å²) in [4.78, 5) is 4.59. The minimum atomic E-state index is 0.0300. The predicted molar refractivity (Wildman–Crippen MR) is 88.8 cm³/mol. The molecular weight excluding hydrogens is 262 g/mol. The fourth-order valence-electron chi connectivity index (χ4n) is 3.14. The van der Waals surface area contributed by atoms with Gasteiger partial charge < -0.3 is 15.0 Å². The first kappa shape index (κ1) is 15.7. The van der Waals surface area contributed by atoms with E-state index in [1.165, 1.54) is 0 Å². The van der Waals surface area contributed by atoms with Crippen molar-refractivity contribution in [1.29, 1.82) is 0 Å². The van der Waals surface area contributed by atoms with E-state index in [0.717, 1.165) is 42.5 Å². The maximum Gasteiger partial charge on any atom is 0.201 e. The van der Waals surface area contributed by atoms with Crippen LogP contribution in [0.4, 0.5) is 5.95 Å². The number of rotatable bonds is 7. The molecule has 0 radical (unpaired) electrons. The van der Waals surface area contributed by atoms with Crippen molar-refractivity contribution in [3.63, 3.8) is 0 Å². The number of nitrogens with two attached hydrogens (primary N) is 1. The number of para-hydroxylation sites is 1. The van der Waals surface area contributed by atoms with Crippen molar-refractivity contribution >= 4 is 17.0 Å². The fourth-order valence-corrected chi connectivity index (χ4v) is 3.14. The average Bonchev–Trinajstić information content (AvgIpc) is 2.85. The summed E-state index contributed by atoms with van der Waals surface area (Å²) in [5.74, 6) is 1.42. The third-order valence-corrected chi connectivity index (χ3v) is 4.58. The van der Waals surface area contributed by atoms with Crippen LogP contribution in [0.1, 0.15) is 53.4 Å². The number of nitrogen functional groups attached to an aromatic ring is 1. The highest BCUT2D eigenvalue weighted by Gasteiger charge is 2.30. The van der Waals surface area contributed by atoms with E-state index in [9.17, 15) is 0 Å². The molecule has 0 aliphatic heterocycles. The SMILES string of the molecule is CCCOc1cccc2c1nc(N)n2C(CC)(CC)CC. The lowest BCUT2D eigenvalue weighted by molar-refractivity contribution is 0.262. The zero-order valence-corrected chi connectivity index (χ0v) is 13.6. The first-order valence-electron chi connectivity index (χ1n) is 8.03. The molecule has 1 aromatic carbocycles. The Morgan fingerprint density at radius 2 is 1.81 bits per heavy atom. The predicted octanol–water partition coefficient (Wildman–Crippen LogP) is 4.33. The summed E-state index contributed by atoms with van der Waals surface area (Å²) in [6.45, 7) is 9.46. The van der Waals surface area contributed by atoms with Gasteiger partial charge in [-0.1, -0.05) is 33.8 Å². The molecule has 0 aliphatic rings. The number of ether oxygens (including phenoxy) is 1. The monoisotopic (exact) mass is 289 g/mol. The van der Waals surface area contributed by atoms with Crippen LogP contribution >= 0.6 is 0 Å². The summed E-state index contributed by atoms with van der Waals surface area (Å²) in [6, 6.07) is 6.09. The van der Waals surface area contributed by atoms with Crippen LogP contribution in [0.2, 0.25) is 0 Å². The quantitative estimate of drug-likeness (QED) is 0.825. The Morgan fingerprint density at radius 1 is 1.14 bits per heavy atom. The summed E-state index contributed by atoms with van der Waals surface area (Å²) in [6.07, 6.45) is 4.09. The number of imidazole rings is 1. The summed E-state index contributed by atoms with van der Waals surface area (Å²) in [5, 5.41) is 0. The highest BCUT2D eigenvalue weighted by atomic mass is 16.5. The molecule has 0 saturated carbocycles. The van der Waals surface area contributed by atoms with Gasteiger partial charge in [-0.05, 0) is 37.8 Å². The van der Waals surface area contributed by atoms with Gasteiger partial charge in [0.05, 0.1) is 12.1 Å². The topological polar surface area (TPSA) is 53.1 Å². The first-order chi connectivity index (χ1) is 10.1. The summed E-state index contributed by atoms with van der Waals surface area (Å²) >= 11 is 0. The van der Waals surface area contributed by atoms with Gasteiger partial charge in [0, 0.05) is 5.54 Å². The van der Waals surface area contributed by atoms with Crippen molar-refractivity contribution in [3.8, 4) is 5.75 Å². The Labute approximate surface area is 127 Å². The zero-order chi connectivity index (χ0) is 15.5. The smallest absolute Gasteiger partial charge is 0.201 e. The first-order valence-corrected chi connectivity index (χ1v) is 8.03. The maximum absolute atomic E-state index is 6.26. The van der Waals surface area contributed by atoms with Gasteiger partial charge in [0.15, 0.2) is 0 Å². The van der Waals surface area contributed by atoms with Crippen LogP contribution in [0, 0.1) is 0 Å². The number of nitrogens with zero attached hydrogens (tertiary/aromatic N) is 2. The number of benzene rings is 1. The van der Waals surface area contributed by atoms with E-state index in [2.05, 4.69) is 43.3 Å². The van der Waals surface area contributed by atoms with E-state index in [1.54, 1.807) is 0 Å². The second-order valence-corrected chi connectivity index (χ2v) is 5.56. The van der Waals surface area contributed by atoms with E-state index in [-0.39, 0.29) is 5.54 Å². The lowest BCUT2D eigenvalue weighted by atomic mass is 9.89. The molecule has 116 valence electrons. The molecule has 2 aromatic rings. The molecular formula is C17H27N3O. The van der Waals surface area contributed by atoms with Gasteiger partial charge in [0.25, 0.3) is 0 Å². The Hall–Kier alpha value is -1.71. The number of fused-ring (bicyclic) bond motifs is 1. The van der Waals surface area contributed by atoms with E-state index in [0.29, 0.717) is 12.6 Å². The Kier molecular flexibility index (Phi) is 4.76. The minimum Gasteiger partial charge on any atom is -0.491 e. The fraction of sp³-hybridized carbons (Fsp3) is 0.588. The van der Waals surface area contributed by atoms with Gasteiger partial charge in [-0.25, -0.2) is 4.98 Å². The van der Waals surface area contributed by atoms with Gasteiger partial charge in [0.1, 0.15) is 11.3 Å². The lowest BCUT2D eigenvalue weighted by Gasteiger charge is -2.33. The summed E-state index contributed by atoms with van der Waals surface area (Å²) < 4.78 is 8.03. The molecule has 0 atom stereocenters. The van der Waals surface area contributed by atoms with Crippen LogP contribution < -0.4 is 10.5 Å². The maximum atomic E-state index is 6.26. The number of hydrogen-bond acceptors (Lipinski definition) is 3. The zero-order valence-electron chi connectivity index (χ0n) is 13.6. The Bertz CT molecular complexity index is 591. The second-order valence-electron chi connectivity index (χ2n) is 5.56. The van der Waals surface area contributed by atoms with E-state index in [1.807, 2.05) is 12.1 Å². The van der Waals surface area contributed by atoms with Crippen LogP contribution in [0.5, 0.6) is 5.75 Å². The van der Waals surface area contributed by atoms with Crippen LogP contribution in [0.3, 0.4) is 0 Å². The minimum absolute atomic E-state index is 0.0300. The molecule has 0 saturated heterocycles. The normalized spacial score (nSPS) is 12.0. The third kappa shape index (κ3) is 2.59. The molecule has 0 bridgehead atoms.